The molecule has 1 atom stereocenters. The number of carbonyl (C=O) groups excluding carboxylic acids is 1. The molecule has 0 bridgehead atoms. The highest BCUT2D eigenvalue weighted by Gasteiger charge is 2.50. The number of hydrazone groups is 1. The van der Waals surface area contributed by atoms with Gasteiger partial charge in [-0.2, -0.15) is 10.2 Å². The van der Waals surface area contributed by atoms with E-state index < -0.39 is 21.9 Å². The maximum Gasteiger partial charge on any atom is 0.433 e. The third-order valence-corrected chi connectivity index (χ3v) is 5.72. The summed E-state index contributed by atoms with van der Waals surface area (Å²) in [5.41, 5.74) is 0.531. The van der Waals surface area contributed by atoms with Gasteiger partial charge in [-0.3, -0.25) is 15.3 Å². The van der Waals surface area contributed by atoms with E-state index in [0.717, 1.165) is 0 Å². The molecule has 3 rings (SSSR count). The van der Waals surface area contributed by atoms with E-state index in [-0.39, 0.29) is 11.6 Å². The molecule has 1 saturated heterocycles. The van der Waals surface area contributed by atoms with Gasteiger partial charge in [0, 0.05) is 11.9 Å². The number of hydroxylamine groups is 2. The van der Waals surface area contributed by atoms with Gasteiger partial charge in [0.15, 0.2) is 10.5 Å². The Hall–Kier alpha value is -3.22. The zero-order valence-electron chi connectivity index (χ0n) is 16.5. The van der Waals surface area contributed by atoms with Gasteiger partial charge in [-0.25, -0.2) is 9.80 Å². The summed E-state index contributed by atoms with van der Waals surface area (Å²) in [4.78, 5) is 22.6. The average Bonchev–Trinajstić information content (AvgIpc) is 3.27. The lowest BCUT2D eigenvalue weighted by atomic mass is 10.1. The normalized spacial score (nSPS) is 18.1. The van der Waals surface area contributed by atoms with Crippen LogP contribution in [0.1, 0.15) is 19.6 Å². The van der Waals surface area contributed by atoms with Crippen molar-refractivity contribution < 1.29 is 19.3 Å². The van der Waals surface area contributed by atoms with Crippen molar-refractivity contribution in [2.75, 3.05) is 5.32 Å². The van der Waals surface area contributed by atoms with Crippen molar-refractivity contribution in [3.8, 4) is 0 Å². The summed E-state index contributed by atoms with van der Waals surface area (Å²) in [6, 6.07) is 10.7. The van der Waals surface area contributed by atoms with Gasteiger partial charge in [0.25, 0.3) is 0 Å². The minimum atomic E-state index is -0.872. The van der Waals surface area contributed by atoms with Crippen molar-refractivity contribution in [2.24, 2.45) is 5.10 Å². The number of nitrogens with one attached hydrogen (secondary N) is 1. The Morgan fingerprint density at radius 3 is 2.74 bits per heavy atom. The molecule has 1 aliphatic heterocycles. The van der Waals surface area contributed by atoms with Crippen molar-refractivity contribution >= 4 is 58.2 Å². The molecule has 31 heavy (non-hydrogen) atoms. The molecule has 2 amide bonds. The smallest absolute Gasteiger partial charge is 0.401 e. The quantitative estimate of drug-likeness (QED) is 0.211. The number of allylic oxidation sites excluding steroid dienone is 1. The first kappa shape index (κ1) is 22.5. The summed E-state index contributed by atoms with van der Waals surface area (Å²) in [5, 5.41) is 30.1. The van der Waals surface area contributed by atoms with Crippen molar-refractivity contribution in [1.82, 2.24) is 10.1 Å². The first-order valence-electron chi connectivity index (χ1n) is 9.00. The van der Waals surface area contributed by atoms with Gasteiger partial charge in [-0.1, -0.05) is 42.2 Å². The number of para-hydroxylation sites is 1. The second-order valence-corrected chi connectivity index (χ2v) is 9.18. The summed E-state index contributed by atoms with van der Waals surface area (Å²) < 4.78 is 4.75. The second-order valence-electron chi connectivity index (χ2n) is 6.89. The van der Waals surface area contributed by atoms with Crippen LogP contribution >= 0.6 is 24.0 Å². The number of thioether (sulfide) groups is 1. The van der Waals surface area contributed by atoms with Crippen LogP contribution in [0.5, 0.6) is 0 Å². The maximum atomic E-state index is 12.6. The third kappa shape index (κ3) is 5.29. The monoisotopic (exact) mass is 461 g/mol. The molecule has 0 saturated carbocycles. The van der Waals surface area contributed by atoms with Crippen molar-refractivity contribution in [1.29, 1.82) is 0 Å². The molecular formula is C19H19N5O5S2. The van der Waals surface area contributed by atoms with Crippen LogP contribution in [0.2, 0.25) is 0 Å². The largest absolute Gasteiger partial charge is 0.433 e. The number of anilines is 1. The van der Waals surface area contributed by atoms with Crippen molar-refractivity contribution in [3.63, 3.8) is 0 Å². The van der Waals surface area contributed by atoms with Crippen molar-refractivity contribution in [2.45, 2.75) is 24.8 Å². The van der Waals surface area contributed by atoms with Gasteiger partial charge in [-0.15, -0.1) is 0 Å². The van der Waals surface area contributed by atoms with Gasteiger partial charge < -0.3 is 9.73 Å². The zero-order valence-corrected chi connectivity index (χ0v) is 18.2. The number of nitrogens with zero attached hydrogens (tertiary/aromatic N) is 4. The number of rotatable bonds is 6. The number of nitro groups is 1. The SMILES string of the molecule is CC1(C)SC(=S)N(N=CC=Cc2ccc([N+](=O)[O-])o2)C1N(O)C(=O)Nc1ccccc1. The topological polar surface area (TPSA) is 124 Å². The minimum absolute atomic E-state index is 0.277. The van der Waals surface area contributed by atoms with Crippen LogP contribution in [0.25, 0.3) is 6.08 Å². The maximum absolute atomic E-state index is 12.6. The van der Waals surface area contributed by atoms with Crippen LogP contribution in [0, 0.1) is 10.1 Å². The van der Waals surface area contributed by atoms with E-state index in [1.54, 1.807) is 24.3 Å². The molecule has 1 unspecified atom stereocenters. The molecule has 2 heterocycles. The number of thiocarbonyl (C=S) groups is 1. The highest BCUT2D eigenvalue weighted by molar-refractivity contribution is 8.24. The summed E-state index contributed by atoms with van der Waals surface area (Å²) in [6.45, 7) is 3.67. The number of benzene rings is 1. The number of amides is 2. The third-order valence-electron chi connectivity index (χ3n) is 4.19. The van der Waals surface area contributed by atoms with E-state index in [1.165, 1.54) is 47.3 Å². The van der Waals surface area contributed by atoms with Crippen LogP contribution in [-0.2, 0) is 0 Å². The van der Waals surface area contributed by atoms with Crippen LogP contribution in [0.4, 0.5) is 16.4 Å². The predicted octanol–water partition coefficient (Wildman–Crippen LogP) is 4.55. The second kappa shape index (κ2) is 9.29. The van der Waals surface area contributed by atoms with E-state index in [2.05, 4.69) is 10.4 Å². The Bertz CT molecular complexity index is 1040. The fraction of sp³-hybridized carbons (Fsp3) is 0.211. The molecule has 12 heteroatoms. The van der Waals surface area contributed by atoms with E-state index in [0.29, 0.717) is 15.1 Å². The van der Waals surface area contributed by atoms with Crippen LogP contribution in [-0.4, -0.2) is 47.7 Å². The molecule has 2 N–H and O–H groups in total. The Morgan fingerprint density at radius 1 is 1.39 bits per heavy atom. The summed E-state index contributed by atoms with van der Waals surface area (Å²) >= 11 is 6.66. The van der Waals surface area contributed by atoms with Gasteiger partial charge >= 0.3 is 11.9 Å². The number of urea groups is 1. The van der Waals surface area contributed by atoms with Gasteiger partial charge in [0.2, 0.25) is 0 Å². The molecule has 0 radical (unpaired) electrons. The van der Waals surface area contributed by atoms with E-state index in [9.17, 15) is 20.1 Å². The molecule has 0 aliphatic carbocycles. The molecule has 1 aromatic carbocycles. The summed E-state index contributed by atoms with van der Waals surface area (Å²) in [5.74, 6) is -0.0877. The van der Waals surface area contributed by atoms with E-state index in [1.807, 2.05) is 19.9 Å². The highest BCUT2D eigenvalue weighted by Crippen LogP contribution is 2.42. The van der Waals surface area contributed by atoms with Gasteiger partial charge in [-0.05, 0) is 44.2 Å². The lowest BCUT2D eigenvalue weighted by molar-refractivity contribution is -0.402. The Morgan fingerprint density at radius 2 is 2.10 bits per heavy atom. The average molecular weight is 462 g/mol. The van der Waals surface area contributed by atoms with Gasteiger partial charge in [0.05, 0.1) is 10.8 Å². The number of carbonyl (C=O) groups is 1. The fourth-order valence-corrected chi connectivity index (χ4v) is 4.61. The summed E-state index contributed by atoms with van der Waals surface area (Å²) in [6.07, 6.45) is 3.51. The summed E-state index contributed by atoms with van der Waals surface area (Å²) in [7, 11) is 0. The number of furan rings is 1. The standard InChI is InChI=1S/C19H19N5O5S2/c1-19(2)16(23(26)17(25)21-13-7-4-3-5-8-13)22(18(30)31-19)20-12-6-9-14-10-11-15(29-14)24(27)28/h3-12,16,26H,1-2H3,(H,21,25). The molecule has 1 fully saturated rings. The van der Waals surface area contributed by atoms with Crippen LogP contribution in [0.3, 0.4) is 0 Å². The fourth-order valence-electron chi connectivity index (χ4n) is 2.82. The highest BCUT2D eigenvalue weighted by atomic mass is 32.2. The van der Waals surface area contributed by atoms with Crippen molar-refractivity contribution in [3.05, 3.63) is 64.4 Å². The molecule has 1 aliphatic rings. The Balaban J connectivity index is 1.73. The van der Waals surface area contributed by atoms with Crippen LogP contribution < -0.4 is 5.32 Å². The first-order valence-corrected chi connectivity index (χ1v) is 10.2. The van der Waals surface area contributed by atoms with E-state index in [4.69, 9.17) is 16.6 Å². The molecule has 0 spiro atoms. The number of hydrogen-bond acceptors (Lipinski definition) is 8. The Labute approximate surface area is 187 Å². The Kier molecular flexibility index (Phi) is 6.73. The van der Waals surface area contributed by atoms with Crippen LogP contribution in [0.15, 0.2) is 58.1 Å². The lowest BCUT2D eigenvalue weighted by Crippen LogP contribution is -2.54. The van der Waals surface area contributed by atoms with Gasteiger partial charge in [0.1, 0.15) is 10.7 Å². The zero-order chi connectivity index (χ0) is 22.6. The first-order chi connectivity index (χ1) is 14.7. The van der Waals surface area contributed by atoms with E-state index >= 15 is 0 Å². The molecule has 1 aromatic heterocycles. The molecular weight excluding hydrogens is 442 g/mol. The molecule has 10 nitrogen and oxygen atoms in total. The lowest BCUT2D eigenvalue weighted by Gasteiger charge is -2.34. The molecule has 2 aromatic rings. The predicted molar refractivity (Wildman–Crippen MR) is 122 cm³/mol. The molecule has 162 valence electrons. The minimum Gasteiger partial charge on any atom is -0.401 e. The number of hydrogen-bond donors (Lipinski definition) is 2.